The van der Waals surface area contributed by atoms with E-state index in [1.165, 1.54) is 23.3 Å². The summed E-state index contributed by atoms with van der Waals surface area (Å²) in [6.07, 6.45) is 4.86. The van der Waals surface area contributed by atoms with Crippen LogP contribution in [-0.4, -0.2) is 11.9 Å². The van der Waals surface area contributed by atoms with Gasteiger partial charge in [0.2, 0.25) is 0 Å². The third-order valence-corrected chi connectivity index (χ3v) is 4.64. The van der Waals surface area contributed by atoms with Gasteiger partial charge in [0.15, 0.2) is 0 Å². The molecule has 1 aromatic heterocycles. The van der Waals surface area contributed by atoms with Crippen molar-refractivity contribution in [3.63, 3.8) is 0 Å². The Morgan fingerprint density at radius 1 is 1.59 bits per heavy atom. The van der Waals surface area contributed by atoms with Crippen molar-refractivity contribution >= 4 is 17.2 Å². The summed E-state index contributed by atoms with van der Waals surface area (Å²) < 4.78 is 0. The Bertz CT molecular complexity index is 408. The minimum absolute atomic E-state index is 0.0902. The molecule has 0 spiro atoms. The largest absolute Gasteiger partial charge is 0.349 e. The monoisotopic (exact) mass is 251 g/mol. The van der Waals surface area contributed by atoms with Crippen LogP contribution in [0.15, 0.2) is 6.07 Å². The number of aryl methyl sites for hydroxylation is 1. The maximum Gasteiger partial charge on any atom is 0.261 e. The molecule has 1 aliphatic rings. The molecule has 0 aliphatic heterocycles. The first-order chi connectivity index (χ1) is 8.10. The van der Waals surface area contributed by atoms with Crippen LogP contribution in [-0.2, 0) is 12.8 Å². The maximum atomic E-state index is 11.9. The molecule has 3 heteroatoms. The number of amides is 1. The van der Waals surface area contributed by atoms with E-state index >= 15 is 0 Å². The zero-order chi connectivity index (χ0) is 12.4. The molecule has 0 saturated heterocycles. The Morgan fingerprint density at radius 2 is 2.35 bits per heavy atom. The third kappa shape index (κ3) is 2.89. The smallest absolute Gasteiger partial charge is 0.261 e. The molecule has 2 nitrogen and oxygen atoms in total. The molecule has 0 bridgehead atoms. The van der Waals surface area contributed by atoms with Crippen molar-refractivity contribution in [1.82, 2.24) is 5.32 Å². The van der Waals surface area contributed by atoms with E-state index in [1.807, 2.05) is 13.8 Å². The number of hydrogen-bond acceptors (Lipinski definition) is 2. The van der Waals surface area contributed by atoms with E-state index in [-0.39, 0.29) is 11.9 Å². The molecule has 94 valence electrons. The zero-order valence-corrected chi connectivity index (χ0v) is 11.7. The van der Waals surface area contributed by atoms with Crippen LogP contribution < -0.4 is 5.32 Å². The fourth-order valence-electron chi connectivity index (χ4n) is 2.39. The van der Waals surface area contributed by atoms with E-state index in [1.54, 1.807) is 11.3 Å². The lowest BCUT2D eigenvalue weighted by Gasteiger charge is -2.19. The van der Waals surface area contributed by atoms with Crippen LogP contribution in [0.3, 0.4) is 0 Å². The number of nitrogens with one attached hydrogen (secondary N) is 1. The second-order valence-corrected chi connectivity index (χ2v) is 6.34. The quantitative estimate of drug-likeness (QED) is 0.876. The van der Waals surface area contributed by atoms with E-state index < -0.39 is 0 Å². The summed E-state index contributed by atoms with van der Waals surface area (Å²) in [5, 5.41) is 2.96. The topological polar surface area (TPSA) is 29.1 Å². The highest BCUT2D eigenvalue weighted by Crippen LogP contribution is 2.33. The molecule has 2 rings (SSSR count). The SMILES string of the molecule is CC[C@H]1CCc2sc(C(=O)NC(C)C)cc2C1. The first-order valence-electron chi connectivity index (χ1n) is 6.52. The molecule has 1 aromatic rings. The van der Waals surface area contributed by atoms with E-state index in [4.69, 9.17) is 0 Å². The Labute approximate surface area is 107 Å². The molecule has 17 heavy (non-hydrogen) atoms. The van der Waals surface area contributed by atoms with Gasteiger partial charge in [-0.1, -0.05) is 13.3 Å². The average Bonchev–Trinajstić information content (AvgIpc) is 2.70. The van der Waals surface area contributed by atoms with Crippen molar-refractivity contribution in [2.24, 2.45) is 5.92 Å². The van der Waals surface area contributed by atoms with Gasteiger partial charge < -0.3 is 5.32 Å². The number of carbonyl (C=O) groups excluding carboxylic acids is 1. The molecule has 1 amide bonds. The first kappa shape index (κ1) is 12.6. The number of fused-ring (bicyclic) bond motifs is 1. The summed E-state index contributed by atoms with van der Waals surface area (Å²) in [6, 6.07) is 2.32. The van der Waals surface area contributed by atoms with Gasteiger partial charge >= 0.3 is 0 Å². The number of hydrogen-bond donors (Lipinski definition) is 1. The van der Waals surface area contributed by atoms with Gasteiger partial charge in [-0.05, 0) is 50.7 Å². The van der Waals surface area contributed by atoms with Crippen LogP contribution in [0.2, 0.25) is 0 Å². The second kappa shape index (κ2) is 5.21. The molecule has 0 unspecified atom stereocenters. The van der Waals surface area contributed by atoms with Crippen LogP contribution in [0.25, 0.3) is 0 Å². The summed E-state index contributed by atoms with van der Waals surface area (Å²) in [6.45, 7) is 6.26. The minimum Gasteiger partial charge on any atom is -0.349 e. The van der Waals surface area contributed by atoms with Crippen LogP contribution in [0.1, 0.15) is 53.7 Å². The van der Waals surface area contributed by atoms with Crippen molar-refractivity contribution in [1.29, 1.82) is 0 Å². The Morgan fingerprint density at radius 3 is 3.00 bits per heavy atom. The Balaban J connectivity index is 2.12. The van der Waals surface area contributed by atoms with Gasteiger partial charge in [-0.2, -0.15) is 0 Å². The van der Waals surface area contributed by atoms with E-state index in [0.717, 1.165) is 23.6 Å². The van der Waals surface area contributed by atoms with Crippen LogP contribution in [0.4, 0.5) is 0 Å². The second-order valence-electron chi connectivity index (χ2n) is 5.20. The average molecular weight is 251 g/mol. The van der Waals surface area contributed by atoms with Crippen molar-refractivity contribution in [2.45, 2.75) is 52.5 Å². The van der Waals surface area contributed by atoms with Crippen LogP contribution in [0.5, 0.6) is 0 Å². The highest BCUT2D eigenvalue weighted by molar-refractivity contribution is 7.14. The van der Waals surface area contributed by atoms with E-state index in [0.29, 0.717) is 0 Å². The number of carbonyl (C=O) groups is 1. The fraction of sp³-hybridized carbons (Fsp3) is 0.643. The lowest BCUT2D eigenvalue weighted by atomic mass is 9.87. The standard InChI is InChI=1S/C14H21NOS/c1-4-10-5-6-12-11(7-10)8-13(17-12)14(16)15-9(2)3/h8-10H,4-7H2,1-3H3,(H,15,16)/t10-/m0/s1. The molecule has 0 radical (unpaired) electrons. The summed E-state index contributed by atoms with van der Waals surface area (Å²) >= 11 is 1.69. The number of rotatable bonds is 3. The molecule has 0 fully saturated rings. The lowest BCUT2D eigenvalue weighted by Crippen LogP contribution is -2.29. The van der Waals surface area contributed by atoms with Gasteiger partial charge in [-0.15, -0.1) is 11.3 Å². The fourth-order valence-corrected chi connectivity index (χ4v) is 3.50. The van der Waals surface area contributed by atoms with Crippen molar-refractivity contribution in [3.05, 3.63) is 21.4 Å². The third-order valence-electron chi connectivity index (χ3n) is 3.41. The number of thiophene rings is 1. The normalized spacial score (nSPS) is 19.2. The molecule has 1 N–H and O–H groups in total. The van der Waals surface area contributed by atoms with Crippen LogP contribution in [0, 0.1) is 5.92 Å². The first-order valence-corrected chi connectivity index (χ1v) is 7.34. The molecule has 1 atom stereocenters. The van der Waals surface area contributed by atoms with E-state index in [9.17, 15) is 4.79 Å². The van der Waals surface area contributed by atoms with Crippen molar-refractivity contribution in [3.8, 4) is 0 Å². The van der Waals surface area contributed by atoms with Gasteiger partial charge in [0.1, 0.15) is 0 Å². The maximum absolute atomic E-state index is 11.9. The van der Waals surface area contributed by atoms with Crippen LogP contribution >= 0.6 is 11.3 Å². The predicted molar refractivity (Wildman–Crippen MR) is 72.7 cm³/mol. The van der Waals surface area contributed by atoms with Crippen molar-refractivity contribution in [2.75, 3.05) is 0 Å². The van der Waals surface area contributed by atoms with Gasteiger partial charge in [-0.3, -0.25) is 4.79 Å². The highest BCUT2D eigenvalue weighted by Gasteiger charge is 2.22. The molecular weight excluding hydrogens is 230 g/mol. The summed E-state index contributed by atoms with van der Waals surface area (Å²) in [7, 11) is 0. The lowest BCUT2D eigenvalue weighted by molar-refractivity contribution is 0.0947. The van der Waals surface area contributed by atoms with Gasteiger partial charge in [-0.25, -0.2) is 0 Å². The molecule has 0 saturated carbocycles. The van der Waals surface area contributed by atoms with Gasteiger partial charge in [0, 0.05) is 10.9 Å². The predicted octanol–water partition coefficient (Wildman–Crippen LogP) is 3.40. The van der Waals surface area contributed by atoms with Crippen molar-refractivity contribution < 1.29 is 4.79 Å². The Kier molecular flexibility index (Phi) is 3.87. The molecule has 1 aliphatic carbocycles. The zero-order valence-electron chi connectivity index (χ0n) is 10.9. The summed E-state index contributed by atoms with van der Waals surface area (Å²) in [5.41, 5.74) is 1.42. The highest BCUT2D eigenvalue weighted by atomic mass is 32.1. The minimum atomic E-state index is 0.0902. The molecule has 0 aromatic carbocycles. The Hall–Kier alpha value is -0.830. The van der Waals surface area contributed by atoms with Gasteiger partial charge in [0.05, 0.1) is 4.88 Å². The molecule has 1 heterocycles. The summed E-state index contributed by atoms with van der Waals surface area (Å²) in [5.74, 6) is 0.908. The molecular formula is C14H21NOS. The van der Waals surface area contributed by atoms with Gasteiger partial charge in [0.25, 0.3) is 5.91 Å². The van der Waals surface area contributed by atoms with E-state index in [2.05, 4.69) is 18.3 Å². The summed E-state index contributed by atoms with van der Waals surface area (Å²) in [4.78, 5) is 14.2.